The van der Waals surface area contributed by atoms with Crippen molar-refractivity contribution in [3.8, 4) is 0 Å². The third-order valence-corrected chi connectivity index (χ3v) is 4.88. The van der Waals surface area contributed by atoms with E-state index in [-0.39, 0.29) is 34.5 Å². The molecule has 2 aromatic rings. The van der Waals surface area contributed by atoms with Crippen LogP contribution in [-0.4, -0.2) is 34.8 Å². The lowest BCUT2D eigenvalue weighted by Crippen LogP contribution is -2.48. The maximum atomic E-state index is 14.8. The zero-order valence-corrected chi connectivity index (χ0v) is 15.9. The number of nitrogens with two attached hydrogens (primary N) is 1. The zero-order valence-electron chi connectivity index (χ0n) is 13.7. The number of halogens is 3. The molecule has 0 radical (unpaired) electrons. The van der Waals surface area contributed by atoms with E-state index in [0.717, 1.165) is 0 Å². The van der Waals surface area contributed by atoms with Crippen LogP contribution in [0.15, 0.2) is 24.4 Å². The molecule has 0 unspecified atom stereocenters. The van der Waals surface area contributed by atoms with E-state index in [9.17, 15) is 18.4 Å². The summed E-state index contributed by atoms with van der Waals surface area (Å²) in [6.45, 7) is 2.09. The van der Waals surface area contributed by atoms with Gasteiger partial charge in [0.1, 0.15) is 11.4 Å². The van der Waals surface area contributed by atoms with Gasteiger partial charge in [0, 0.05) is 29.5 Å². The van der Waals surface area contributed by atoms with Crippen molar-refractivity contribution in [2.24, 2.45) is 5.73 Å². The van der Waals surface area contributed by atoms with Crippen LogP contribution < -0.4 is 11.1 Å². The summed E-state index contributed by atoms with van der Waals surface area (Å²) in [5, 5.41) is 2.67. The standard InChI is InChI=1S/C17H15F2IN4O2/c1-8(25)24-6-9(7-24)16-15(19)14(17(21)26)13(5-22-16)23-12-3-2-10(20)4-11(12)18/h2-5,9,23H,6-7H2,1H3,(H2,21,26). The fraction of sp³-hybridized carbons (Fsp3) is 0.235. The summed E-state index contributed by atoms with van der Waals surface area (Å²) in [5.74, 6) is -2.79. The van der Waals surface area contributed by atoms with E-state index in [2.05, 4.69) is 10.3 Å². The second-order valence-electron chi connectivity index (χ2n) is 5.98. The van der Waals surface area contributed by atoms with Crippen LogP contribution in [0.3, 0.4) is 0 Å². The van der Waals surface area contributed by atoms with Crippen LogP contribution in [0.1, 0.15) is 28.9 Å². The van der Waals surface area contributed by atoms with Crippen molar-refractivity contribution in [3.05, 3.63) is 50.9 Å². The molecule has 1 saturated heterocycles. The van der Waals surface area contributed by atoms with Gasteiger partial charge in [-0.05, 0) is 40.8 Å². The molecule has 1 aromatic carbocycles. The van der Waals surface area contributed by atoms with Crippen LogP contribution in [0.25, 0.3) is 0 Å². The molecule has 1 fully saturated rings. The summed E-state index contributed by atoms with van der Waals surface area (Å²) in [6.07, 6.45) is 1.26. The Labute approximate surface area is 161 Å². The van der Waals surface area contributed by atoms with Crippen LogP contribution in [0.4, 0.5) is 20.2 Å². The minimum Gasteiger partial charge on any atom is -0.365 e. The second-order valence-corrected chi connectivity index (χ2v) is 7.23. The van der Waals surface area contributed by atoms with Gasteiger partial charge < -0.3 is 16.0 Å². The van der Waals surface area contributed by atoms with Crippen LogP contribution in [0.2, 0.25) is 0 Å². The van der Waals surface area contributed by atoms with E-state index < -0.39 is 17.5 Å². The number of carbonyl (C=O) groups is 2. The summed E-state index contributed by atoms with van der Waals surface area (Å²) >= 11 is 1.96. The number of nitrogens with one attached hydrogen (secondary N) is 1. The van der Waals surface area contributed by atoms with Crippen molar-refractivity contribution >= 4 is 45.8 Å². The number of aromatic nitrogens is 1. The van der Waals surface area contributed by atoms with Crippen molar-refractivity contribution < 1.29 is 18.4 Å². The molecule has 1 aromatic heterocycles. The van der Waals surface area contributed by atoms with E-state index in [4.69, 9.17) is 5.73 Å². The average Bonchev–Trinajstić information content (AvgIpc) is 2.50. The Morgan fingerprint density at radius 1 is 1.31 bits per heavy atom. The monoisotopic (exact) mass is 472 g/mol. The lowest BCUT2D eigenvalue weighted by atomic mass is 9.93. The molecular formula is C17H15F2IN4O2. The molecular weight excluding hydrogens is 457 g/mol. The van der Waals surface area contributed by atoms with Crippen molar-refractivity contribution in [2.75, 3.05) is 18.4 Å². The van der Waals surface area contributed by atoms with Gasteiger partial charge in [0.25, 0.3) is 5.91 Å². The van der Waals surface area contributed by atoms with Crippen molar-refractivity contribution in [1.29, 1.82) is 0 Å². The Hall–Kier alpha value is -2.30. The predicted molar refractivity (Wildman–Crippen MR) is 100 cm³/mol. The van der Waals surface area contributed by atoms with Crippen LogP contribution in [-0.2, 0) is 4.79 Å². The minimum atomic E-state index is -0.984. The number of nitrogens with zero attached hydrogens (tertiary/aromatic N) is 2. The molecule has 0 bridgehead atoms. The van der Waals surface area contributed by atoms with Gasteiger partial charge in [0.15, 0.2) is 5.82 Å². The molecule has 0 atom stereocenters. The number of primary amides is 1. The lowest BCUT2D eigenvalue weighted by Gasteiger charge is -2.38. The van der Waals surface area contributed by atoms with Crippen LogP contribution in [0, 0.1) is 15.2 Å². The third kappa shape index (κ3) is 3.48. The van der Waals surface area contributed by atoms with Gasteiger partial charge in [-0.25, -0.2) is 8.78 Å². The number of carbonyl (C=O) groups excluding carboxylic acids is 2. The summed E-state index contributed by atoms with van der Waals surface area (Å²) in [5.41, 5.74) is 5.09. The fourth-order valence-corrected chi connectivity index (χ4v) is 3.22. The highest BCUT2D eigenvalue weighted by atomic mass is 127. The second kappa shape index (κ2) is 7.14. The first kappa shape index (κ1) is 18.5. The quantitative estimate of drug-likeness (QED) is 0.671. The smallest absolute Gasteiger partial charge is 0.253 e. The molecule has 26 heavy (non-hydrogen) atoms. The van der Waals surface area contributed by atoms with Crippen molar-refractivity contribution in [3.63, 3.8) is 0 Å². The van der Waals surface area contributed by atoms with E-state index in [1.807, 2.05) is 22.6 Å². The Bertz CT molecular complexity index is 901. The number of amides is 2. The molecule has 3 rings (SSSR count). The topological polar surface area (TPSA) is 88.3 Å². The first-order chi connectivity index (χ1) is 12.3. The predicted octanol–water partition coefficient (Wildman–Crippen LogP) is 2.75. The minimum absolute atomic E-state index is 0.0124. The van der Waals surface area contributed by atoms with Crippen molar-refractivity contribution in [2.45, 2.75) is 12.8 Å². The molecule has 136 valence electrons. The highest BCUT2D eigenvalue weighted by Crippen LogP contribution is 2.32. The Morgan fingerprint density at radius 3 is 2.58 bits per heavy atom. The van der Waals surface area contributed by atoms with Gasteiger partial charge in [0.2, 0.25) is 5.91 Å². The number of likely N-dealkylation sites (tertiary alicyclic amines) is 1. The molecule has 3 N–H and O–H groups in total. The van der Waals surface area contributed by atoms with E-state index in [1.165, 1.54) is 25.3 Å². The molecule has 1 aliphatic heterocycles. The Kier molecular flexibility index (Phi) is 5.08. The molecule has 0 saturated carbocycles. The summed E-state index contributed by atoms with van der Waals surface area (Å²) < 4.78 is 29.6. The molecule has 6 nitrogen and oxygen atoms in total. The van der Waals surface area contributed by atoms with E-state index in [1.54, 1.807) is 11.0 Å². The van der Waals surface area contributed by atoms with Crippen LogP contribution >= 0.6 is 22.6 Å². The summed E-state index contributed by atoms with van der Waals surface area (Å²) in [6, 6.07) is 4.44. The molecule has 9 heteroatoms. The van der Waals surface area contributed by atoms with Crippen LogP contribution in [0.5, 0.6) is 0 Å². The largest absolute Gasteiger partial charge is 0.365 e. The van der Waals surface area contributed by atoms with E-state index >= 15 is 0 Å². The molecule has 0 spiro atoms. The van der Waals surface area contributed by atoms with Gasteiger partial charge in [-0.1, -0.05) is 0 Å². The Morgan fingerprint density at radius 2 is 2.00 bits per heavy atom. The first-order valence-electron chi connectivity index (χ1n) is 7.73. The number of anilines is 2. The molecule has 2 amide bonds. The number of benzene rings is 1. The number of hydrogen-bond acceptors (Lipinski definition) is 4. The number of pyridine rings is 1. The highest BCUT2D eigenvalue weighted by molar-refractivity contribution is 14.1. The molecule has 1 aliphatic rings. The van der Waals surface area contributed by atoms with Gasteiger partial charge in [0.05, 0.1) is 23.3 Å². The summed E-state index contributed by atoms with van der Waals surface area (Å²) in [4.78, 5) is 28.7. The fourth-order valence-electron chi connectivity index (χ4n) is 2.77. The number of hydrogen-bond donors (Lipinski definition) is 2. The third-order valence-electron chi connectivity index (χ3n) is 4.21. The Balaban J connectivity index is 1.93. The maximum Gasteiger partial charge on any atom is 0.253 e. The summed E-state index contributed by atoms with van der Waals surface area (Å²) in [7, 11) is 0. The van der Waals surface area contributed by atoms with Gasteiger partial charge in [-0.2, -0.15) is 0 Å². The molecule has 0 aliphatic carbocycles. The number of rotatable bonds is 4. The normalized spacial score (nSPS) is 14.1. The van der Waals surface area contributed by atoms with Gasteiger partial charge in [-0.3, -0.25) is 14.6 Å². The first-order valence-corrected chi connectivity index (χ1v) is 8.81. The van der Waals surface area contributed by atoms with E-state index in [0.29, 0.717) is 16.7 Å². The van der Waals surface area contributed by atoms with Gasteiger partial charge >= 0.3 is 0 Å². The lowest BCUT2D eigenvalue weighted by molar-refractivity contribution is -0.133. The van der Waals surface area contributed by atoms with Crippen molar-refractivity contribution in [1.82, 2.24) is 9.88 Å². The van der Waals surface area contributed by atoms with Gasteiger partial charge in [-0.15, -0.1) is 0 Å². The SMILES string of the molecule is CC(=O)N1CC(c2ncc(Nc3ccc(I)cc3F)c(C(N)=O)c2F)C1. The molecule has 2 heterocycles. The highest BCUT2D eigenvalue weighted by Gasteiger charge is 2.34. The zero-order chi connectivity index (χ0) is 19.0. The average molecular weight is 472 g/mol. The maximum absolute atomic E-state index is 14.8.